The summed E-state index contributed by atoms with van der Waals surface area (Å²) in [5, 5.41) is 0.750. The number of hydrogen-bond donors (Lipinski definition) is 0. The largest absolute Gasteiger partial charge is 0.380 e. The third-order valence-corrected chi connectivity index (χ3v) is 4.98. The van der Waals surface area contributed by atoms with Gasteiger partial charge in [0.1, 0.15) is 0 Å². The summed E-state index contributed by atoms with van der Waals surface area (Å²) in [4.78, 5) is 4.14. The predicted octanol–water partition coefficient (Wildman–Crippen LogP) is 5.83. The van der Waals surface area contributed by atoms with Gasteiger partial charge in [-0.25, -0.2) is 0 Å². The smallest absolute Gasteiger partial charge is 0.0733 e. The SMILES string of the molecule is COCc1c(C(C)C)c(-c2cccc(Cl)c2)n(Cc2ccncc2)c1C. The van der Waals surface area contributed by atoms with Crippen LogP contribution in [0.3, 0.4) is 0 Å². The topological polar surface area (TPSA) is 27.1 Å². The fourth-order valence-electron chi connectivity index (χ4n) is 3.58. The maximum Gasteiger partial charge on any atom is 0.0733 e. The Kier molecular flexibility index (Phi) is 5.80. The van der Waals surface area contributed by atoms with Crippen LogP contribution in [-0.2, 0) is 17.9 Å². The molecule has 0 saturated heterocycles. The van der Waals surface area contributed by atoms with Crippen molar-refractivity contribution in [2.45, 2.75) is 39.8 Å². The number of rotatable bonds is 6. The maximum atomic E-state index is 6.30. The fraction of sp³-hybridized carbons (Fsp3) is 0.318. The second-order valence-corrected chi connectivity index (χ2v) is 7.30. The van der Waals surface area contributed by atoms with Crippen molar-refractivity contribution < 1.29 is 4.74 Å². The van der Waals surface area contributed by atoms with E-state index in [1.165, 1.54) is 28.1 Å². The van der Waals surface area contributed by atoms with E-state index in [0.29, 0.717) is 12.5 Å². The first-order valence-corrected chi connectivity index (χ1v) is 9.26. The molecule has 1 aromatic carbocycles. The molecule has 3 aromatic rings. The molecule has 0 N–H and O–H groups in total. The van der Waals surface area contributed by atoms with Crippen LogP contribution < -0.4 is 0 Å². The quantitative estimate of drug-likeness (QED) is 0.547. The molecular formula is C22H25ClN2O. The van der Waals surface area contributed by atoms with Crippen LogP contribution in [0.1, 0.15) is 42.1 Å². The molecule has 2 heterocycles. The van der Waals surface area contributed by atoms with E-state index in [4.69, 9.17) is 16.3 Å². The van der Waals surface area contributed by atoms with Crippen molar-refractivity contribution in [1.29, 1.82) is 0 Å². The Labute approximate surface area is 160 Å². The summed E-state index contributed by atoms with van der Waals surface area (Å²) in [5.41, 5.74) is 7.43. The number of pyridine rings is 1. The maximum absolute atomic E-state index is 6.30. The molecule has 0 bridgehead atoms. The first kappa shape index (κ1) is 18.7. The van der Waals surface area contributed by atoms with Gasteiger partial charge < -0.3 is 9.30 Å². The number of benzene rings is 1. The third-order valence-electron chi connectivity index (χ3n) is 4.75. The number of ether oxygens (including phenoxy) is 1. The lowest BCUT2D eigenvalue weighted by Crippen LogP contribution is -2.05. The molecule has 4 heteroatoms. The van der Waals surface area contributed by atoms with Crippen LogP contribution in [0.4, 0.5) is 0 Å². The van der Waals surface area contributed by atoms with Gasteiger partial charge in [-0.1, -0.05) is 37.6 Å². The predicted molar refractivity (Wildman–Crippen MR) is 108 cm³/mol. The zero-order valence-electron chi connectivity index (χ0n) is 15.8. The Balaban J connectivity index is 2.25. The van der Waals surface area contributed by atoms with E-state index in [1.807, 2.05) is 30.6 Å². The van der Waals surface area contributed by atoms with Gasteiger partial charge >= 0.3 is 0 Å². The summed E-state index contributed by atoms with van der Waals surface area (Å²) >= 11 is 6.30. The van der Waals surface area contributed by atoms with Crippen molar-refractivity contribution in [3.63, 3.8) is 0 Å². The van der Waals surface area contributed by atoms with Crippen molar-refractivity contribution in [3.05, 3.63) is 76.2 Å². The fourth-order valence-corrected chi connectivity index (χ4v) is 3.77. The molecule has 0 amide bonds. The van der Waals surface area contributed by atoms with Crippen LogP contribution in [0, 0.1) is 6.92 Å². The van der Waals surface area contributed by atoms with E-state index >= 15 is 0 Å². The van der Waals surface area contributed by atoms with Gasteiger partial charge in [0, 0.05) is 42.3 Å². The minimum absolute atomic E-state index is 0.381. The molecule has 0 saturated carbocycles. The molecule has 0 unspecified atom stereocenters. The Morgan fingerprint density at radius 1 is 1.15 bits per heavy atom. The van der Waals surface area contributed by atoms with Crippen LogP contribution in [0.5, 0.6) is 0 Å². The zero-order valence-corrected chi connectivity index (χ0v) is 16.5. The third kappa shape index (κ3) is 3.69. The van der Waals surface area contributed by atoms with Gasteiger partial charge in [0.2, 0.25) is 0 Å². The second kappa shape index (κ2) is 8.07. The van der Waals surface area contributed by atoms with Gasteiger partial charge in [0.05, 0.1) is 12.3 Å². The monoisotopic (exact) mass is 368 g/mol. The molecule has 26 heavy (non-hydrogen) atoms. The van der Waals surface area contributed by atoms with Crippen molar-refractivity contribution in [1.82, 2.24) is 9.55 Å². The molecule has 136 valence electrons. The minimum atomic E-state index is 0.381. The second-order valence-electron chi connectivity index (χ2n) is 6.87. The highest BCUT2D eigenvalue weighted by molar-refractivity contribution is 6.30. The van der Waals surface area contributed by atoms with Gasteiger partial charge in [-0.2, -0.15) is 0 Å². The molecule has 2 aromatic heterocycles. The van der Waals surface area contributed by atoms with Gasteiger partial charge in [0.15, 0.2) is 0 Å². The van der Waals surface area contributed by atoms with Gasteiger partial charge in [0.25, 0.3) is 0 Å². The molecule has 0 atom stereocenters. The van der Waals surface area contributed by atoms with Crippen molar-refractivity contribution >= 4 is 11.6 Å². The summed E-state index contributed by atoms with van der Waals surface area (Å²) in [7, 11) is 1.75. The Morgan fingerprint density at radius 2 is 1.88 bits per heavy atom. The normalized spacial score (nSPS) is 11.3. The average Bonchev–Trinajstić information content (AvgIpc) is 2.89. The van der Waals surface area contributed by atoms with Crippen LogP contribution in [0.25, 0.3) is 11.3 Å². The van der Waals surface area contributed by atoms with Crippen LogP contribution in [-0.4, -0.2) is 16.7 Å². The van der Waals surface area contributed by atoms with E-state index in [2.05, 4.69) is 48.5 Å². The van der Waals surface area contributed by atoms with Crippen molar-refractivity contribution in [3.8, 4) is 11.3 Å². The molecule has 3 rings (SSSR count). The Bertz CT molecular complexity index is 885. The van der Waals surface area contributed by atoms with Crippen LogP contribution in [0.15, 0.2) is 48.8 Å². The number of methoxy groups -OCH3 is 1. The lowest BCUT2D eigenvalue weighted by atomic mass is 9.95. The first-order valence-electron chi connectivity index (χ1n) is 8.88. The van der Waals surface area contributed by atoms with Gasteiger partial charge in [-0.15, -0.1) is 0 Å². The zero-order chi connectivity index (χ0) is 18.7. The van der Waals surface area contributed by atoms with E-state index < -0.39 is 0 Å². The van der Waals surface area contributed by atoms with E-state index in [1.54, 1.807) is 7.11 Å². The number of hydrogen-bond acceptors (Lipinski definition) is 2. The van der Waals surface area contributed by atoms with E-state index in [-0.39, 0.29) is 0 Å². The standard InChI is InChI=1S/C22H25ClN2O/c1-15(2)21-20(14-26-4)16(3)25(13-17-8-10-24-11-9-17)22(21)18-6-5-7-19(23)12-18/h5-12,15H,13-14H2,1-4H3. The summed E-state index contributed by atoms with van der Waals surface area (Å²) in [5.74, 6) is 0.381. The highest BCUT2D eigenvalue weighted by atomic mass is 35.5. The number of aromatic nitrogens is 2. The van der Waals surface area contributed by atoms with E-state index in [0.717, 1.165) is 17.1 Å². The highest BCUT2D eigenvalue weighted by Gasteiger charge is 2.23. The van der Waals surface area contributed by atoms with Crippen molar-refractivity contribution in [2.75, 3.05) is 7.11 Å². The van der Waals surface area contributed by atoms with Crippen LogP contribution >= 0.6 is 11.6 Å². The van der Waals surface area contributed by atoms with Crippen molar-refractivity contribution in [2.24, 2.45) is 0 Å². The summed E-state index contributed by atoms with van der Waals surface area (Å²) in [6.07, 6.45) is 3.68. The van der Waals surface area contributed by atoms with Gasteiger partial charge in [-0.3, -0.25) is 4.98 Å². The Hall–Kier alpha value is -2.10. The van der Waals surface area contributed by atoms with Crippen LogP contribution in [0.2, 0.25) is 5.02 Å². The molecule has 0 radical (unpaired) electrons. The number of halogens is 1. The Morgan fingerprint density at radius 3 is 2.50 bits per heavy atom. The first-order chi connectivity index (χ1) is 12.5. The minimum Gasteiger partial charge on any atom is -0.380 e. The lowest BCUT2D eigenvalue weighted by molar-refractivity contribution is 0.183. The molecule has 0 aliphatic carbocycles. The molecule has 0 fully saturated rings. The molecule has 0 spiro atoms. The molecular weight excluding hydrogens is 344 g/mol. The number of nitrogens with zero attached hydrogens (tertiary/aromatic N) is 2. The van der Waals surface area contributed by atoms with Gasteiger partial charge in [-0.05, 0) is 53.8 Å². The van der Waals surface area contributed by atoms with E-state index in [9.17, 15) is 0 Å². The molecule has 3 nitrogen and oxygen atoms in total. The molecule has 0 aliphatic rings. The summed E-state index contributed by atoms with van der Waals surface area (Å²) < 4.78 is 7.91. The summed E-state index contributed by atoms with van der Waals surface area (Å²) in [6.45, 7) is 8.04. The molecule has 0 aliphatic heterocycles. The average molecular weight is 369 g/mol. The lowest BCUT2D eigenvalue weighted by Gasteiger charge is -2.15. The summed E-state index contributed by atoms with van der Waals surface area (Å²) in [6, 6.07) is 12.2. The highest BCUT2D eigenvalue weighted by Crippen LogP contribution is 2.38.